The first-order valence-corrected chi connectivity index (χ1v) is 12.2. The molecule has 2 amide bonds. The number of nitrogens with one attached hydrogen (secondary N) is 3. The van der Waals surface area contributed by atoms with E-state index in [1.807, 2.05) is 6.07 Å². The van der Waals surface area contributed by atoms with E-state index < -0.39 is 0 Å². The molecule has 1 saturated heterocycles. The fraction of sp³-hybridized carbons (Fsp3) is 0.346. The summed E-state index contributed by atoms with van der Waals surface area (Å²) in [5.41, 5.74) is 4.33. The molecule has 37 heavy (non-hydrogen) atoms. The molecule has 1 atom stereocenters. The standard InChI is InChI=1S/C26H30N8O3/c1-15-6-5-7-34(15)14-23(35)30-19-10-21(16(2)27-12-19)32-25(36)18-8-17-9-22(31-24(17)28-11-18)20-13-29-33(3)26(20)37-4/h8-13,15H,5-7,14H2,1-4H3,(H,28,31)(H,30,35)(H,32,36)/t15-/m0/s1. The second-order valence-electron chi connectivity index (χ2n) is 9.36. The normalized spacial score (nSPS) is 15.7. The molecule has 3 N–H and O–H groups in total. The van der Waals surface area contributed by atoms with Crippen LogP contribution in [-0.4, -0.2) is 67.7 Å². The average molecular weight is 503 g/mol. The third-order valence-electron chi connectivity index (χ3n) is 6.76. The smallest absolute Gasteiger partial charge is 0.257 e. The number of hydrogen-bond acceptors (Lipinski definition) is 7. The summed E-state index contributed by atoms with van der Waals surface area (Å²) in [5.74, 6) is 0.199. The second kappa shape index (κ2) is 10.0. The molecular weight excluding hydrogens is 472 g/mol. The lowest BCUT2D eigenvalue weighted by Gasteiger charge is -2.20. The minimum atomic E-state index is -0.324. The van der Waals surface area contributed by atoms with E-state index in [0.717, 1.165) is 36.0 Å². The summed E-state index contributed by atoms with van der Waals surface area (Å²) in [4.78, 5) is 39.8. The molecular formula is C26H30N8O3. The van der Waals surface area contributed by atoms with Crippen LogP contribution in [0.15, 0.2) is 36.8 Å². The van der Waals surface area contributed by atoms with Crippen LogP contribution >= 0.6 is 0 Å². The maximum atomic E-state index is 13.1. The van der Waals surface area contributed by atoms with Crippen LogP contribution in [0.1, 0.15) is 35.8 Å². The number of fused-ring (bicyclic) bond motifs is 1. The highest BCUT2D eigenvalue weighted by molar-refractivity contribution is 6.06. The first kappa shape index (κ1) is 24.4. The van der Waals surface area contributed by atoms with Gasteiger partial charge in [-0.2, -0.15) is 5.10 Å². The maximum absolute atomic E-state index is 13.1. The van der Waals surface area contributed by atoms with Crippen LogP contribution in [0.25, 0.3) is 22.3 Å². The number of aromatic nitrogens is 5. The van der Waals surface area contributed by atoms with Gasteiger partial charge < -0.3 is 20.4 Å². The highest BCUT2D eigenvalue weighted by Gasteiger charge is 2.22. The molecule has 0 aliphatic carbocycles. The zero-order chi connectivity index (χ0) is 26.1. The molecule has 0 spiro atoms. The van der Waals surface area contributed by atoms with Crippen molar-refractivity contribution in [2.24, 2.45) is 7.05 Å². The minimum Gasteiger partial charge on any atom is -0.481 e. The Balaban J connectivity index is 1.31. The molecule has 0 aromatic carbocycles. The lowest BCUT2D eigenvalue weighted by Crippen LogP contribution is -2.35. The Kier molecular flexibility index (Phi) is 6.62. The predicted molar refractivity (Wildman–Crippen MR) is 141 cm³/mol. The van der Waals surface area contributed by atoms with Crippen molar-refractivity contribution in [1.82, 2.24) is 29.6 Å². The van der Waals surface area contributed by atoms with Crippen LogP contribution in [0.3, 0.4) is 0 Å². The zero-order valence-electron chi connectivity index (χ0n) is 21.3. The van der Waals surface area contributed by atoms with Crippen molar-refractivity contribution < 1.29 is 14.3 Å². The van der Waals surface area contributed by atoms with Gasteiger partial charge in [0.05, 0.1) is 59.9 Å². The largest absolute Gasteiger partial charge is 0.481 e. The molecule has 11 heteroatoms. The van der Waals surface area contributed by atoms with Gasteiger partial charge in [0.2, 0.25) is 11.8 Å². The summed E-state index contributed by atoms with van der Waals surface area (Å²) < 4.78 is 7.08. The number of anilines is 2. The lowest BCUT2D eigenvalue weighted by atomic mass is 10.2. The molecule has 0 bridgehead atoms. The SMILES string of the molecule is COc1c(-c2cc3cc(C(=O)Nc4cc(NC(=O)CN5CCC[C@@H]5C)cnc4C)cnc3[nH]2)cnn1C. The number of methoxy groups -OCH3 is 1. The highest BCUT2D eigenvalue weighted by Crippen LogP contribution is 2.31. The molecule has 1 aliphatic heterocycles. The van der Waals surface area contributed by atoms with E-state index in [1.54, 1.807) is 50.3 Å². The van der Waals surface area contributed by atoms with Crippen LogP contribution in [-0.2, 0) is 11.8 Å². The monoisotopic (exact) mass is 502 g/mol. The molecule has 4 aromatic rings. The van der Waals surface area contributed by atoms with Gasteiger partial charge in [0.25, 0.3) is 5.91 Å². The number of nitrogens with zero attached hydrogens (tertiary/aromatic N) is 5. The van der Waals surface area contributed by atoms with Crippen LogP contribution < -0.4 is 15.4 Å². The van der Waals surface area contributed by atoms with Crippen molar-refractivity contribution in [2.75, 3.05) is 30.8 Å². The van der Waals surface area contributed by atoms with Crippen molar-refractivity contribution in [3.63, 3.8) is 0 Å². The Bertz CT molecular complexity index is 1470. The number of H-pyrrole nitrogens is 1. The van der Waals surface area contributed by atoms with Gasteiger partial charge in [-0.1, -0.05) is 0 Å². The topological polar surface area (TPSA) is 130 Å². The van der Waals surface area contributed by atoms with E-state index in [4.69, 9.17) is 4.74 Å². The predicted octanol–water partition coefficient (Wildman–Crippen LogP) is 3.35. The number of pyridine rings is 2. The maximum Gasteiger partial charge on any atom is 0.257 e. The minimum absolute atomic E-state index is 0.0974. The molecule has 5 rings (SSSR count). The van der Waals surface area contributed by atoms with Crippen molar-refractivity contribution >= 4 is 34.2 Å². The van der Waals surface area contributed by atoms with E-state index >= 15 is 0 Å². The summed E-state index contributed by atoms with van der Waals surface area (Å²) in [7, 11) is 3.39. The van der Waals surface area contributed by atoms with Gasteiger partial charge in [-0.3, -0.25) is 19.5 Å². The van der Waals surface area contributed by atoms with Gasteiger partial charge in [-0.15, -0.1) is 0 Å². The number of aryl methyl sites for hydroxylation is 2. The quantitative estimate of drug-likeness (QED) is 0.353. The van der Waals surface area contributed by atoms with Gasteiger partial charge in [0.1, 0.15) is 5.65 Å². The fourth-order valence-electron chi connectivity index (χ4n) is 4.67. The van der Waals surface area contributed by atoms with Crippen LogP contribution in [0, 0.1) is 6.92 Å². The van der Waals surface area contributed by atoms with E-state index in [1.165, 1.54) is 6.20 Å². The molecule has 0 saturated carbocycles. The first-order chi connectivity index (χ1) is 17.8. The number of hydrogen-bond donors (Lipinski definition) is 3. The summed E-state index contributed by atoms with van der Waals surface area (Å²) >= 11 is 0. The molecule has 192 valence electrons. The number of carbonyl (C=O) groups is 2. The molecule has 4 aromatic heterocycles. The van der Waals surface area contributed by atoms with Crippen molar-refractivity contribution in [2.45, 2.75) is 32.7 Å². The molecule has 5 heterocycles. The van der Waals surface area contributed by atoms with Gasteiger partial charge >= 0.3 is 0 Å². The van der Waals surface area contributed by atoms with Gasteiger partial charge in [0, 0.05) is 24.7 Å². The first-order valence-electron chi connectivity index (χ1n) is 12.2. The molecule has 0 radical (unpaired) electrons. The van der Waals surface area contributed by atoms with E-state index in [2.05, 4.69) is 42.5 Å². The van der Waals surface area contributed by atoms with Gasteiger partial charge in [-0.05, 0) is 51.4 Å². The van der Waals surface area contributed by atoms with E-state index in [9.17, 15) is 9.59 Å². The fourth-order valence-corrected chi connectivity index (χ4v) is 4.67. The molecule has 0 unspecified atom stereocenters. The zero-order valence-corrected chi connectivity index (χ0v) is 21.3. The summed E-state index contributed by atoms with van der Waals surface area (Å²) in [6.07, 6.45) is 7.05. The van der Waals surface area contributed by atoms with E-state index in [0.29, 0.717) is 46.7 Å². The molecule has 11 nitrogen and oxygen atoms in total. The van der Waals surface area contributed by atoms with Gasteiger partial charge in [-0.25, -0.2) is 9.67 Å². The van der Waals surface area contributed by atoms with E-state index in [-0.39, 0.29) is 11.8 Å². The van der Waals surface area contributed by atoms with Gasteiger partial charge in [0.15, 0.2) is 0 Å². The Labute approximate surface area is 214 Å². The number of carbonyl (C=O) groups excluding carboxylic acids is 2. The Morgan fingerprint density at radius 1 is 1.16 bits per heavy atom. The van der Waals surface area contributed by atoms with Crippen LogP contribution in [0.4, 0.5) is 11.4 Å². The molecule has 1 aliphatic rings. The van der Waals surface area contributed by atoms with Crippen molar-refractivity contribution in [3.05, 3.63) is 48.0 Å². The molecule has 1 fully saturated rings. The Hall–Kier alpha value is -4.25. The average Bonchev–Trinajstić information content (AvgIpc) is 3.58. The second-order valence-corrected chi connectivity index (χ2v) is 9.36. The number of aromatic amines is 1. The summed E-state index contributed by atoms with van der Waals surface area (Å²) in [5, 5.41) is 10.8. The number of likely N-dealkylation sites (tertiary alicyclic amines) is 1. The lowest BCUT2D eigenvalue weighted by molar-refractivity contribution is -0.117. The van der Waals surface area contributed by atoms with Crippen molar-refractivity contribution in [3.8, 4) is 17.1 Å². The number of amides is 2. The van der Waals surface area contributed by atoms with Crippen LogP contribution in [0.5, 0.6) is 5.88 Å². The Morgan fingerprint density at radius 3 is 2.76 bits per heavy atom. The Morgan fingerprint density at radius 2 is 2.00 bits per heavy atom. The third kappa shape index (κ3) is 5.03. The number of rotatable bonds is 7. The number of ether oxygens (including phenoxy) is 1. The summed E-state index contributed by atoms with van der Waals surface area (Å²) in [6.45, 7) is 5.21. The van der Waals surface area contributed by atoms with Crippen LogP contribution in [0.2, 0.25) is 0 Å². The summed E-state index contributed by atoms with van der Waals surface area (Å²) in [6, 6.07) is 5.81. The third-order valence-corrected chi connectivity index (χ3v) is 6.76. The highest BCUT2D eigenvalue weighted by atomic mass is 16.5. The van der Waals surface area contributed by atoms with Crippen molar-refractivity contribution in [1.29, 1.82) is 0 Å².